The molecule has 5 atom stereocenters. The summed E-state index contributed by atoms with van der Waals surface area (Å²) in [6.07, 6.45) is 3.13. The number of benzene rings is 1. The van der Waals surface area contributed by atoms with Gasteiger partial charge in [0.2, 0.25) is 0 Å². The molecule has 0 bridgehead atoms. The van der Waals surface area contributed by atoms with Crippen molar-refractivity contribution < 1.29 is 28.6 Å². The highest BCUT2D eigenvalue weighted by Gasteiger charge is 2.40. The third kappa shape index (κ3) is 10.6. The fourth-order valence-electron chi connectivity index (χ4n) is 8.52. The summed E-state index contributed by atoms with van der Waals surface area (Å²) in [6.45, 7) is 17.3. The van der Waals surface area contributed by atoms with Crippen LogP contribution in [0.15, 0.2) is 41.9 Å². The molecule has 3 aromatic heterocycles. The molecule has 0 aliphatic carbocycles. The molecule has 61 heavy (non-hydrogen) atoms. The third-order valence-corrected chi connectivity index (χ3v) is 12.6. The quantitative estimate of drug-likeness (QED) is 0.104. The van der Waals surface area contributed by atoms with Crippen LogP contribution in [0.3, 0.4) is 0 Å². The van der Waals surface area contributed by atoms with Gasteiger partial charge in [-0.3, -0.25) is 19.6 Å². The number of ether oxygens (including phenoxy) is 3. The van der Waals surface area contributed by atoms with E-state index in [4.69, 9.17) is 24.2 Å². The zero-order chi connectivity index (χ0) is 43.8. The molecule has 5 heterocycles. The Balaban J connectivity index is 1.45. The summed E-state index contributed by atoms with van der Waals surface area (Å²) in [5.74, 6) is -0.256. The van der Waals surface area contributed by atoms with Crippen LogP contribution in [0.4, 0.5) is 4.79 Å². The van der Waals surface area contributed by atoms with Crippen LogP contribution in [0.5, 0.6) is 0 Å². The zero-order valence-electron chi connectivity index (χ0n) is 37.3. The monoisotopic (exact) mass is 859 g/mol. The highest BCUT2D eigenvalue weighted by Crippen LogP contribution is 2.42. The predicted octanol–water partition coefficient (Wildman–Crippen LogP) is 5.80. The van der Waals surface area contributed by atoms with E-state index in [1.807, 2.05) is 56.1 Å². The number of rotatable bonds is 18. The molecule has 0 unspecified atom stereocenters. The third-order valence-electron chi connectivity index (χ3n) is 11.7. The summed E-state index contributed by atoms with van der Waals surface area (Å²) < 4.78 is 20.1. The number of urea groups is 1. The normalized spacial score (nSPS) is 18.9. The number of carbonyl (C=O) groups excluding carboxylic acids is 3. The summed E-state index contributed by atoms with van der Waals surface area (Å²) in [4.78, 5) is 53.9. The van der Waals surface area contributed by atoms with Crippen molar-refractivity contribution in [2.75, 3.05) is 67.1 Å². The van der Waals surface area contributed by atoms with Crippen LogP contribution in [0.25, 0.3) is 33.4 Å². The van der Waals surface area contributed by atoms with Crippen molar-refractivity contribution in [2.24, 2.45) is 5.41 Å². The maximum atomic E-state index is 14.6. The molecule has 2 fully saturated rings. The Morgan fingerprint density at radius 2 is 1.92 bits per heavy atom. The smallest absolute Gasteiger partial charge is 0.318 e. The highest BCUT2D eigenvalue weighted by molar-refractivity contribution is 7.10. The number of hydrazine groups is 1. The van der Waals surface area contributed by atoms with Gasteiger partial charge in [-0.15, -0.1) is 11.3 Å². The first-order chi connectivity index (χ1) is 29.3. The topological polar surface area (TPSA) is 155 Å². The van der Waals surface area contributed by atoms with Gasteiger partial charge in [-0.2, -0.15) is 0 Å². The van der Waals surface area contributed by atoms with E-state index in [0.717, 1.165) is 57.5 Å². The van der Waals surface area contributed by atoms with Crippen molar-refractivity contribution >= 4 is 40.7 Å². The molecule has 1 aromatic carbocycles. The Bertz CT molecular complexity index is 2100. The summed E-state index contributed by atoms with van der Waals surface area (Å²) in [7, 11) is 5.64. The van der Waals surface area contributed by atoms with Gasteiger partial charge in [-0.05, 0) is 90.9 Å². The molecule has 2 saturated heterocycles. The van der Waals surface area contributed by atoms with Gasteiger partial charge >= 0.3 is 6.03 Å². The van der Waals surface area contributed by atoms with Gasteiger partial charge in [0.15, 0.2) is 0 Å². The van der Waals surface area contributed by atoms with Gasteiger partial charge in [0.25, 0.3) is 12.4 Å². The van der Waals surface area contributed by atoms with Gasteiger partial charge in [0, 0.05) is 97.5 Å². The molecule has 15 nitrogen and oxygen atoms in total. The number of aryl methyl sites for hydroxylation is 1. The first-order valence-corrected chi connectivity index (χ1v) is 22.4. The summed E-state index contributed by atoms with van der Waals surface area (Å²) in [5.41, 5.74) is 9.53. The van der Waals surface area contributed by atoms with Crippen molar-refractivity contribution in [3.05, 3.63) is 58.2 Å². The van der Waals surface area contributed by atoms with Crippen molar-refractivity contribution in [2.45, 2.75) is 97.7 Å². The Hall–Kier alpha value is -4.45. The molecule has 0 radical (unpaired) electrons. The lowest BCUT2D eigenvalue weighted by Gasteiger charge is -2.41. The lowest BCUT2D eigenvalue weighted by molar-refractivity contribution is -0.142. The van der Waals surface area contributed by atoms with Crippen LogP contribution in [0, 0.1) is 5.41 Å². The van der Waals surface area contributed by atoms with E-state index in [9.17, 15) is 14.4 Å². The van der Waals surface area contributed by atoms with Crippen LogP contribution in [-0.2, 0) is 36.8 Å². The van der Waals surface area contributed by atoms with E-state index in [1.165, 1.54) is 11.3 Å². The number of amides is 3. The number of hydrogen-bond acceptors (Lipinski definition) is 12. The number of piperazine rings is 1. The molecule has 3 N–H and O–H groups in total. The Labute approximate surface area is 364 Å². The first kappa shape index (κ1) is 46.1. The number of methoxy groups -OCH3 is 1. The highest BCUT2D eigenvalue weighted by atomic mass is 32.1. The van der Waals surface area contributed by atoms with Gasteiger partial charge in [-0.25, -0.2) is 15.2 Å². The van der Waals surface area contributed by atoms with E-state index in [2.05, 4.69) is 65.7 Å². The Morgan fingerprint density at radius 1 is 1.15 bits per heavy atom. The minimum absolute atomic E-state index is 0.0636. The molecule has 2 aliphatic heterocycles. The molecular weight excluding hydrogens is 795 g/mol. The average molecular weight is 860 g/mol. The van der Waals surface area contributed by atoms with Crippen LogP contribution in [0.2, 0.25) is 0 Å². The van der Waals surface area contributed by atoms with Crippen LogP contribution in [-0.4, -0.2) is 133 Å². The van der Waals surface area contributed by atoms with Gasteiger partial charge in [0.05, 0.1) is 36.4 Å². The number of hydrogen-bond donors (Lipinski definition) is 3. The number of aromatic nitrogens is 3. The number of likely N-dealkylation sites (N-methyl/N-ethyl adjacent to an activating group) is 1. The molecule has 0 saturated carbocycles. The Kier molecular flexibility index (Phi) is 15.6. The molecule has 332 valence electrons. The maximum Gasteiger partial charge on any atom is 0.318 e. The van der Waals surface area contributed by atoms with Crippen molar-refractivity contribution in [3.63, 3.8) is 0 Å². The minimum Gasteiger partial charge on any atom is -0.467 e. The average Bonchev–Trinajstić information content (AvgIpc) is 3.86. The first-order valence-electron chi connectivity index (χ1n) is 21.5. The van der Waals surface area contributed by atoms with E-state index in [1.54, 1.807) is 18.3 Å². The summed E-state index contributed by atoms with van der Waals surface area (Å²) in [6, 6.07) is 8.99. The molecule has 6 rings (SSSR count). The summed E-state index contributed by atoms with van der Waals surface area (Å²) in [5, 5.41) is 11.8. The second-order valence-electron chi connectivity index (χ2n) is 17.3. The van der Waals surface area contributed by atoms with E-state index < -0.39 is 17.6 Å². The van der Waals surface area contributed by atoms with Crippen molar-refractivity contribution in [1.29, 1.82) is 0 Å². The maximum absolute atomic E-state index is 14.6. The molecular formula is C45H65N9O6S. The Morgan fingerprint density at radius 3 is 2.59 bits per heavy atom. The van der Waals surface area contributed by atoms with E-state index in [-0.39, 0.29) is 36.7 Å². The molecule has 2 aliphatic rings. The lowest BCUT2D eigenvalue weighted by Crippen LogP contribution is -2.64. The minimum atomic E-state index is -1.04. The van der Waals surface area contributed by atoms with Gasteiger partial charge in [0.1, 0.15) is 17.2 Å². The molecule has 3 amide bonds. The largest absolute Gasteiger partial charge is 0.467 e. The number of nitrogens with one attached hydrogen (secondary N) is 3. The number of thiazole rings is 1. The van der Waals surface area contributed by atoms with E-state index >= 15 is 0 Å². The summed E-state index contributed by atoms with van der Waals surface area (Å²) >= 11 is 1.42. The van der Waals surface area contributed by atoms with Crippen molar-refractivity contribution in [3.8, 4) is 22.5 Å². The number of carbonyl (C=O) groups is 3. The fraction of sp³-hybridized carbons (Fsp3) is 0.578. The molecule has 16 heteroatoms. The zero-order valence-corrected chi connectivity index (χ0v) is 38.1. The van der Waals surface area contributed by atoms with Gasteiger partial charge < -0.3 is 39.2 Å². The van der Waals surface area contributed by atoms with E-state index in [0.29, 0.717) is 63.8 Å². The number of fused-ring (bicyclic) bond motifs is 1. The number of nitrogens with zero attached hydrogens (tertiary/aromatic N) is 6. The molecule has 4 aromatic rings. The van der Waals surface area contributed by atoms with Crippen LogP contribution >= 0.6 is 11.3 Å². The van der Waals surface area contributed by atoms with Crippen LogP contribution < -0.4 is 16.1 Å². The molecule has 0 spiro atoms. The fourth-order valence-corrected chi connectivity index (χ4v) is 9.43. The van der Waals surface area contributed by atoms with Gasteiger partial charge in [-0.1, -0.05) is 19.9 Å². The predicted molar refractivity (Wildman–Crippen MR) is 239 cm³/mol. The SMILES string of the molecule is CCn1c(-c2cccnc2[C@H](C)OC)c(CC(C)(C)COC=O)c2cc(-c3csc([C@@H](OCCN(C)C)[C@H](NC(=O)N4[C@@H](C)CNC[C@@H]4C)C(=O)N4CCCCN4)n3)ccc21. The van der Waals surface area contributed by atoms with Crippen LogP contribution in [0.1, 0.15) is 82.9 Å². The van der Waals surface area contributed by atoms with Crippen molar-refractivity contribution in [1.82, 2.24) is 45.4 Å². The standard InChI is InChI=1S/C45H65N9O6S/c1-10-52-37-16-15-32(22-34(37)35(23-45(5,6)27-59-28-55)40(52)33-14-13-17-47-38(33)31(4)58-9)36-26-61-42(49-36)41(60-21-20-51(7)8)39(43(56)53-19-12-11-18-48-53)50-44(57)54-29(2)24-46-25-30(54)3/h13-17,22,26,28-31,39,41,46,48H,10-12,18-21,23-25,27H2,1-9H3,(H,50,57)/t29-,30-,31-,39-,41-/m0/s1. The lowest BCUT2D eigenvalue weighted by atomic mass is 9.84. The second kappa shape index (κ2) is 20.6. The number of pyridine rings is 1. The second-order valence-corrected chi connectivity index (χ2v) is 18.2.